The first-order valence-corrected chi connectivity index (χ1v) is 10.4. The van der Waals surface area contributed by atoms with E-state index in [1.54, 1.807) is 24.3 Å². The molecule has 2 aromatic rings. The number of aryl methyl sites for hydroxylation is 1. The Labute approximate surface area is 156 Å². The van der Waals surface area contributed by atoms with Crippen LogP contribution >= 0.6 is 0 Å². The smallest absolute Gasteiger partial charge is 0.225 e. The molecule has 0 atom stereocenters. The number of nitrogens with one attached hydrogen (secondary N) is 1. The Balaban J connectivity index is 1.93. The first-order chi connectivity index (χ1) is 12.4. The summed E-state index contributed by atoms with van der Waals surface area (Å²) in [6.07, 6.45) is -0.0754. The number of amides is 1. The Morgan fingerprint density at radius 3 is 2.08 bits per heavy atom. The summed E-state index contributed by atoms with van der Waals surface area (Å²) >= 11 is 0. The number of nitrogens with zero attached hydrogens (tertiary/aromatic N) is 1. The number of carbonyl (C=O) groups excluding carboxylic acids is 1. The molecule has 0 heterocycles. The predicted molar refractivity (Wildman–Crippen MR) is 106 cm³/mol. The minimum absolute atomic E-state index is 0.0754. The van der Waals surface area contributed by atoms with Gasteiger partial charge in [0.25, 0.3) is 0 Å². The highest BCUT2D eigenvalue weighted by Gasteiger charge is 2.16. The van der Waals surface area contributed by atoms with Gasteiger partial charge in [0.05, 0.1) is 10.6 Å². The number of rotatable bonds is 8. The number of anilines is 2. The number of hydrogen-bond acceptors (Lipinski definition) is 4. The molecule has 2 rings (SSSR count). The molecule has 0 unspecified atom stereocenters. The van der Waals surface area contributed by atoms with Crippen LogP contribution in [0.1, 0.15) is 25.8 Å². The maximum Gasteiger partial charge on any atom is 0.225 e. The van der Waals surface area contributed by atoms with E-state index in [4.69, 9.17) is 0 Å². The van der Waals surface area contributed by atoms with Crippen LogP contribution in [0.4, 0.5) is 11.4 Å². The molecule has 0 aromatic heterocycles. The molecular formula is C20H26N2O3S. The molecule has 0 aliphatic heterocycles. The lowest BCUT2D eigenvalue weighted by molar-refractivity contribution is -0.115. The molecule has 0 saturated heterocycles. The molecule has 0 bridgehead atoms. The average molecular weight is 375 g/mol. The average Bonchev–Trinajstić information content (AvgIpc) is 2.63. The maximum absolute atomic E-state index is 12.3. The second-order valence-corrected chi connectivity index (χ2v) is 8.26. The van der Waals surface area contributed by atoms with Crippen molar-refractivity contribution in [3.05, 3.63) is 54.1 Å². The monoisotopic (exact) mass is 374 g/mol. The van der Waals surface area contributed by atoms with Gasteiger partial charge < -0.3 is 10.2 Å². The molecule has 140 valence electrons. The van der Waals surface area contributed by atoms with Crippen molar-refractivity contribution in [2.75, 3.05) is 29.1 Å². The number of sulfone groups is 1. The minimum atomic E-state index is -3.46. The zero-order valence-electron chi connectivity index (χ0n) is 15.5. The fourth-order valence-corrected chi connectivity index (χ4v) is 3.90. The standard InChI is InChI=1S/C20H26N2O3S/c1-4-22(5-2)18-10-8-17(9-11-18)21-20(23)14-15-26(24,25)19-12-6-16(3)7-13-19/h6-13H,4-5,14-15H2,1-3H3,(H,21,23). The summed E-state index contributed by atoms with van der Waals surface area (Å²) in [5.41, 5.74) is 2.75. The van der Waals surface area contributed by atoms with Gasteiger partial charge >= 0.3 is 0 Å². The van der Waals surface area contributed by atoms with E-state index in [0.717, 1.165) is 24.3 Å². The van der Waals surface area contributed by atoms with Gasteiger partial charge in [0.2, 0.25) is 5.91 Å². The van der Waals surface area contributed by atoms with Crippen molar-refractivity contribution in [3.63, 3.8) is 0 Å². The quantitative estimate of drug-likeness (QED) is 0.766. The third kappa shape index (κ3) is 5.33. The Hall–Kier alpha value is -2.34. The summed E-state index contributed by atoms with van der Waals surface area (Å²) in [5, 5.41) is 2.76. The number of carbonyl (C=O) groups is 1. The van der Waals surface area contributed by atoms with Crippen LogP contribution in [0.2, 0.25) is 0 Å². The molecule has 5 nitrogen and oxygen atoms in total. The van der Waals surface area contributed by atoms with E-state index >= 15 is 0 Å². The Morgan fingerprint density at radius 2 is 1.54 bits per heavy atom. The van der Waals surface area contributed by atoms with Crippen molar-refractivity contribution in [2.45, 2.75) is 32.1 Å². The normalized spacial score (nSPS) is 11.2. The van der Waals surface area contributed by atoms with Gasteiger partial charge in [-0.1, -0.05) is 17.7 Å². The Morgan fingerprint density at radius 1 is 0.962 bits per heavy atom. The zero-order chi connectivity index (χ0) is 19.2. The van der Waals surface area contributed by atoms with Gasteiger partial charge in [-0.05, 0) is 57.2 Å². The van der Waals surface area contributed by atoms with Crippen molar-refractivity contribution in [1.82, 2.24) is 0 Å². The largest absolute Gasteiger partial charge is 0.372 e. The predicted octanol–water partition coefficient (Wildman–Crippen LogP) is 3.64. The molecule has 6 heteroatoms. The summed E-state index contributed by atoms with van der Waals surface area (Å²) in [6, 6.07) is 14.2. The number of benzene rings is 2. The fraction of sp³-hybridized carbons (Fsp3) is 0.350. The first kappa shape index (κ1) is 20.0. The number of hydrogen-bond donors (Lipinski definition) is 1. The second kappa shape index (κ2) is 8.85. The van der Waals surface area contributed by atoms with E-state index < -0.39 is 9.84 Å². The molecule has 1 amide bonds. The third-order valence-corrected chi connectivity index (χ3v) is 5.99. The molecule has 0 aliphatic carbocycles. The Bertz CT molecular complexity index is 824. The Kier molecular flexibility index (Phi) is 6.80. The van der Waals surface area contributed by atoms with Crippen molar-refractivity contribution in [1.29, 1.82) is 0 Å². The van der Waals surface area contributed by atoms with Crippen LogP contribution in [-0.4, -0.2) is 33.2 Å². The van der Waals surface area contributed by atoms with Crippen LogP contribution in [-0.2, 0) is 14.6 Å². The van der Waals surface area contributed by atoms with Crippen LogP contribution in [0.25, 0.3) is 0 Å². The highest BCUT2D eigenvalue weighted by Crippen LogP contribution is 2.18. The van der Waals surface area contributed by atoms with Gasteiger partial charge in [0, 0.05) is 30.9 Å². The third-order valence-electron chi connectivity index (χ3n) is 4.26. The summed E-state index contributed by atoms with van der Waals surface area (Å²) in [6.45, 7) is 7.91. The minimum Gasteiger partial charge on any atom is -0.372 e. The molecule has 2 aromatic carbocycles. The van der Waals surface area contributed by atoms with Crippen molar-refractivity contribution in [3.8, 4) is 0 Å². The van der Waals surface area contributed by atoms with Crippen molar-refractivity contribution >= 4 is 27.1 Å². The molecule has 0 aliphatic rings. The molecule has 1 N–H and O–H groups in total. The lowest BCUT2D eigenvalue weighted by atomic mass is 10.2. The van der Waals surface area contributed by atoms with Crippen LogP contribution in [0, 0.1) is 6.92 Å². The van der Waals surface area contributed by atoms with Gasteiger partial charge in [-0.3, -0.25) is 4.79 Å². The molecule has 0 fully saturated rings. The maximum atomic E-state index is 12.3. The topological polar surface area (TPSA) is 66.5 Å². The molecular weight excluding hydrogens is 348 g/mol. The first-order valence-electron chi connectivity index (χ1n) is 8.80. The van der Waals surface area contributed by atoms with Gasteiger partial charge in [0.15, 0.2) is 9.84 Å². The van der Waals surface area contributed by atoms with Crippen molar-refractivity contribution < 1.29 is 13.2 Å². The molecule has 0 saturated carbocycles. The van der Waals surface area contributed by atoms with Crippen LogP contribution in [0.3, 0.4) is 0 Å². The summed E-state index contributed by atoms with van der Waals surface area (Å²) in [7, 11) is -3.46. The van der Waals surface area contributed by atoms with Crippen LogP contribution in [0.15, 0.2) is 53.4 Å². The van der Waals surface area contributed by atoms with E-state index in [1.165, 1.54) is 0 Å². The van der Waals surface area contributed by atoms with E-state index in [2.05, 4.69) is 24.1 Å². The summed E-state index contributed by atoms with van der Waals surface area (Å²) in [4.78, 5) is 14.5. The fourth-order valence-electron chi connectivity index (χ4n) is 2.66. The lowest BCUT2D eigenvalue weighted by Crippen LogP contribution is -2.21. The van der Waals surface area contributed by atoms with E-state index in [1.807, 2.05) is 31.2 Å². The molecule has 0 radical (unpaired) electrons. The van der Waals surface area contributed by atoms with E-state index in [0.29, 0.717) is 5.69 Å². The van der Waals surface area contributed by atoms with Crippen LogP contribution in [0.5, 0.6) is 0 Å². The van der Waals surface area contributed by atoms with Gasteiger partial charge in [-0.2, -0.15) is 0 Å². The highest BCUT2D eigenvalue weighted by molar-refractivity contribution is 7.91. The van der Waals surface area contributed by atoms with E-state index in [9.17, 15) is 13.2 Å². The van der Waals surface area contributed by atoms with E-state index in [-0.39, 0.29) is 23.0 Å². The van der Waals surface area contributed by atoms with Gasteiger partial charge in [0.1, 0.15) is 0 Å². The molecule has 0 spiro atoms. The summed E-state index contributed by atoms with van der Waals surface area (Å²) in [5.74, 6) is -0.518. The zero-order valence-corrected chi connectivity index (χ0v) is 16.3. The highest BCUT2D eigenvalue weighted by atomic mass is 32.2. The molecule has 26 heavy (non-hydrogen) atoms. The van der Waals surface area contributed by atoms with Gasteiger partial charge in [-0.15, -0.1) is 0 Å². The SMILES string of the molecule is CCN(CC)c1ccc(NC(=O)CCS(=O)(=O)c2ccc(C)cc2)cc1. The van der Waals surface area contributed by atoms with Crippen molar-refractivity contribution in [2.24, 2.45) is 0 Å². The second-order valence-electron chi connectivity index (χ2n) is 6.15. The van der Waals surface area contributed by atoms with Gasteiger partial charge in [-0.25, -0.2) is 8.42 Å². The van der Waals surface area contributed by atoms with Crippen LogP contribution < -0.4 is 10.2 Å². The lowest BCUT2D eigenvalue weighted by Gasteiger charge is -2.21. The summed E-state index contributed by atoms with van der Waals surface area (Å²) < 4.78 is 24.6.